The van der Waals surface area contributed by atoms with Crippen molar-refractivity contribution in [2.24, 2.45) is 0 Å². The normalized spacial score (nSPS) is 14.3. The third kappa shape index (κ3) is 5.91. The highest BCUT2D eigenvalue weighted by molar-refractivity contribution is 7.98. The Balaban J connectivity index is 1.38. The SMILES string of the molecule is CC(Oc1ccc2c(c1)CCCC2)C(=O)NCCSCc1ccccc1Cl. The minimum Gasteiger partial charge on any atom is -0.481 e. The van der Waals surface area contributed by atoms with Crippen molar-refractivity contribution in [3.05, 3.63) is 64.2 Å². The number of aryl methyl sites for hydroxylation is 2. The molecule has 1 aliphatic rings. The van der Waals surface area contributed by atoms with Crippen LogP contribution in [0.5, 0.6) is 5.75 Å². The summed E-state index contributed by atoms with van der Waals surface area (Å²) in [6.07, 6.45) is 4.26. The van der Waals surface area contributed by atoms with E-state index in [1.54, 1.807) is 18.7 Å². The number of rotatable bonds is 8. The fraction of sp³-hybridized carbons (Fsp3) is 0.409. The van der Waals surface area contributed by atoms with Crippen LogP contribution in [-0.4, -0.2) is 24.3 Å². The lowest BCUT2D eigenvalue weighted by Gasteiger charge is -2.19. The van der Waals surface area contributed by atoms with Crippen LogP contribution in [0.4, 0.5) is 0 Å². The predicted octanol–water partition coefficient (Wildman–Crippen LogP) is 5.04. The molecule has 2 aromatic rings. The van der Waals surface area contributed by atoms with Crippen LogP contribution in [0.15, 0.2) is 42.5 Å². The van der Waals surface area contributed by atoms with Crippen LogP contribution in [-0.2, 0) is 23.4 Å². The first-order valence-electron chi connectivity index (χ1n) is 9.51. The molecule has 0 aromatic heterocycles. The number of benzene rings is 2. The van der Waals surface area contributed by atoms with Crippen LogP contribution in [0.25, 0.3) is 0 Å². The molecule has 2 aromatic carbocycles. The third-order valence-electron chi connectivity index (χ3n) is 4.76. The standard InChI is InChI=1S/C22H26ClNO2S/c1-16(26-20-11-10-17-6-2-3-7-18(17)14-20)22(25)24-12-13-27-15-19-8-4-5-9-21(19)23/h4-5,8-11,14,16H,2-3,6-7,12-13,15H2,1H3,(H,24,25). The molecule has 0 saturated carbocycles. The molecule has 0 heterocycles. The first kappa shape index (κ1) is 20.1. The molecule has 0 spiro atoms. The fourth-order valence-electron chi connectivity index (χ4n) is 3.23. The highest BCUT2D eigenvalue weighted by Gasteiger charge is 2.16. The lowest BCUT2D eigenvalue weighted by atomic mass is 9.92. The number of ether oxygens (including phenoxy) is 1. The summed E-state index contributed by atoms with van der Waals surface area (Å²) in [5.41, 5.74) is 3.91. The van der Waals surface area contributed by atoms with Gasteiger partial charge in [0, 0.05) is 23.1 Å². The molecule has 0 aliphatic heterocycles. The van der Waals surface area contributed by atoms with Crippen LogP contribution in [0.3, 0.4) is 0 Å². The molecular weight excluding hydrogens is 378 g/mol. The topological polar surface area (TPSA) is 38.3 Å². The molecule has 0 radical (unpaired) electrons. The number of hydrogen-bond donors (Lipinski definition) is 1. The van der Waals surface area contributed by atoms with Crippen LogP contribution >= 0.6 is 23.4 Å². The summed E-state index contributed by atoms with van der Waals surface area (Å²) < 4.78 is 5.85. The zero-order valence-electron chi connectivity index (χ0n) is 15.7. The molecular formula is C22H26ClNO2S. The highest BCUT2D eigenvalue weighted by atomic mass is 35.5. The van der Waals surface area contributed by atoms with E-state index in [0.29, 0.717) is 6.54 Å². The van der Waals surface area contributed by atoms with Gasteiger partial charge in [0.2, 0.25) is 0 Å². The number of fused-ring (bicyclic) bond motifs is 1. The van der Waals surface area contributed by atoms with Gasteiger partial charge in [0.15, 0.2) is 6.10 Å². The van der Waals surface area contributed by atoms with Gasteiger partial charge in [0.05, 0.1) is 0 Å². The Morgan fingerprint density at radius 1 is 1.19 bits per heavy atom. The van der Waals surface area contributed by atoms with E-state index in [-0.39, 0.29) is 5.91 Å². The Morgan fingerprint density at radius 3 is 2.78 bits per heavy atom. The van der Waals surface area contributed by atoms with Gasteiger partial charge in [0.25, 0.3) is 5.91 Å². The Bertz CT molecular complexity index is 781. The minimum atomic E-state index is -0.500. The molecule has 0 bridgehead atoms. The van der Waals surface area contributed by atoms with Gasteiger partial charge in [-0.2, -0.15) is 11.8 Å². The fourth-order valence-corrected chi connectivity index (χ4v) is 4.37. The van der Waals surface area contributed by atoms with Crippen molar-refractivity contribution in [1.82, 2.24) is 5.32 Å². The van der Waals surface area contributed by atoms with Crippen molar-refractivity contribution in [1.29, 1.82) is 0 Å². The van der Waals surface area contributed by atoms with E-state index in [1.165, 1.54) is 24.0 Å². The molecule has 1 amide bonds. The van der Waals surface area contributed by atoms with Gasteiger partial charge in [-0.15, -0.1) is 0 Å². The Hall–Kier alpha value is -1.65. The summed E-state index contributed by atoms with van der Waals surface area (Å²) in [4.78, 5) is 12.3. The van der Waals surface area contributed by atoms with Crippen LogP contribution in [0.1, 0.15) is 36.5 Å². The van der Waals surface area contributed by atoms with Crippen molar-refractivity contribution in [2.45, 2.75) is 44.5 Å². The van der Waals surface area contributed by atoms with Crippen LogP contribution < -0.4 is 10.1 Å². The van der Waals surface area contributed by atoms with E-state index < -0.39 is 6.10 Å². The van der Waals surface area contributed by atoms with E-state index in [9.17, 15) is 4.79 Å². The molecule has 1 atom stereocenters. The smallest absolute Gasteiger partial charge is 0.260 e. The molecule has 1 aliphatic carbocycles. The molecule has 27 heavy (non-hydrogen) atoms. The largest absolute Gasteiger partial charge is 0.481 e. The van der Waals surface area contributed by atoms with Gasteiger partial charge in [-0.3, -0.25) is 4.79 Å². The summed E-state index contributed by atoms with van der Waals surface area (Å²) in [7, 11) is 0. The van der Waals surface area contributed by atoms with E-state index >= 15 is 0 Å². The number of nitrogens with one attached hydrogen (secondary N) is 1. The van der Waals surface area contributed by atoms with Crippen molar-refractivity contribution in [2.75, 3.05) is 12.3 Å². The van der Waals surface area contributed by atoms with Crippen LogP contribution in [0.2, 0.25) is 5.02 Å². The molecule has 1 unspecified atom stereocenters. The number of hydrogen-bond acceptors (Lipinski definition) is 3. The van der Waals surface area contributed by atoms with Crippen LogP contribution in [0, 0.1) is 0 Å². The van der Waals surface area contributed by atoms with Gasteiger partial charge in [-0.05, 0) is 67.5 Å². The second kappa shape index (κ2) is 10.0. The molecule has 1 N–H and O–H groups in total. The minimum absolute atomic E-state index is 0.0777. The van der Waals surface area contributed by atoms with Gasteiger partial charge in [-0.25, -0.2) is 0 Å². The molecule has 3 rings (SSSR count). The van der Waals surface area contributed by atoms with Gasteiger partial charge < -0.3 is 10.1 Å². The molecule has 3 nitrogen and oxygen atoms in total. The van der Waals surface area contributed by atoms with E-state index in [4.69, 9.17) is 16.3 Å². The molecule has 5 heteroatoms. The predicted molar refractivity (Wildman–Crippen MR) is 114 cm³/mol. The quantitative estimate of drug-likeness (QED) is 0.628. The Morgan fingerprint density at radius 2 is 1.96 bits per heavy atom. The molecule has 0 saturated heterocycles. The summed E-state index contributed by atoms with van der Waals surface area (Å²) in [6, 6.07) is 14.1. The number of thioether (sulfide) groups is 1. The zero-order chi connectivity index (χ0) is 19.1. The van der Waals surface area contributed by atoms with Crippen molar-refractivity contribution < 1.29 is 9.53 Å². The van der Waals surface area contributed by atoms with Crippen molar-refractivity contribution in [3.8, 4) is 5.75 Å². The maximum absolute atomic E-state index is 12.3. The molecule has 0 fully saturated rings. The number of carbonyl (C=O) groups is 1. The third-order valence-corrected chi connectivity index (χ3v) is 6.14. The number of amides is 1. The van der Waals surface area contributed by atoms with E-state index in [1.807, 2.05) is 30.3 Å². The number of carbonyl (C=O) groups excluding carboxylic acids is 1. The molecule has 144 valence electrons. The van der Waals surface area contributed by atoms with Crippen molar-refractivity contribution in [3.63, 3.8) is 0 Å². The highest BCUT2D eigenvalue weighted by Crippen LogP contribution is 2.26. The van der Waals surface area contributed by atoms with Crippen molar-refractivity contribution >= 4 is 29.3 Å². The second-order valence-electron chi connectivity index (χ2n) is 6.83. The average Bonchev–Trinajstić information content (AvgIpc) is 2.68. The summed E-state index contributed by atoms with van der Waals surface area (Å²) >= 11 is 7.90. The zero-order valence-corrected chi connectivity index (χ0v) is 17.2. The Labute approximate surface area is 170 Å². The number of halogens is 1. The van der Waals surface area contributed by atoms with Gasteiger partial charge in [-0.1, -0.05) is 35.9 Å². The average molecular weight is 404 g/mol. The Kier molecular flexibility index (Phi) is 7.48. The summed E-state index contributed by atoms with van der Waals surface area (Å²) in [5.74, 6) is 2.39. The summed E-state index contributed by atoms with van der Waals surface area (Å²) in [6.45, 7) is 2.41. The van der Waals surface area contributed by atoms with Gasteiger partial charge in [0.1, 0.15) is 5.75 Å². The monoisotopic (exact) mass is 403 g/mol. The lowest BCUT2D eigenvalue weighted by molar-refractivity contribution is -0.127. The lowest BCUT2D eigenvalue weighted by Crippen LogP contribution is -2.37. The van der Waals surface area contributed by atoms with E-state index in [2.05, 4.69) is 17.4 Å². The van der Waals surface area contributed by atoms with E-state index in [0.717, 1.165) is 40.7 Å². The summed E-state index contributed by atoms with van der Waals surface area (Å²) in [5, 5.41) is 3.74. The maximum Gasteiger partial charge on any atom is 0.260 e. The first-order valence-corrected chi connectivity index (χ1v) is 11.0. The first-order chi connectivity index (χ1) is 13.1. The van der Waals surface area contributed by atoms with Gasteiger partial charge >= 0.3 is 0 Å². The maximum atomic E-state index is 12.3. The second-order valence-corrected chi connectivity index (χ2v) is 8.35.